The Morgan fingerprint density at radius 2 is 1.80 bits per heavy atom. The SMILES string of the molecule is CCO[Si](CCCNC(=O)OCCN1C=CC=CC1)(OCC)OCC. The molecule has 0 aromatic rings. The van der Waals surface area contributed by atoms with E-state index in [9.17, 15) is 4.79 Å². The zero-order chi connectivity index (χ0) is 18.4. The maximum atomic E-state index is 11.7. The van der Waals surface area contributed by atoms with Crippen molar-refractivity contribution in [3.63, 3.8) is 0 Å². The predicted molar refractivity (Wildman–Crippen MR) is 99.3 cm³/mol. The van der Waals surface area contributed by atoms with E-state index in [1.54, 1.807) is 0 Å². The second kappa shape index (κ2) is 12.9. The van der Waals surface area contributed by atoms with Crippen molar-refractivity contribution >= 4 is 14.9 Å². The van der Waals surface area contributed by atoms with Crippen LogP contribution in [0.2, 0.25) is 6.04 Å². The summed E-state index contributed by atoms with van der Waals surface area (Å²) in [5.41, 5.74) is 0. The number of hydrogen-bond donors (Lipinski definition) is 1. The van der Waals surface area contributed by atoms with Crippen LogP contribution in [0, 0.1) is 0 Å². The largest absolute Gasteiger partial charge is 0.500 e. The highest BCUT2D eigenvalue weighted by Gasteiger charge is 2.39. The number of alkyl carbamates (subject to hydrolysis) is 1. The highest BCUT2D eigenvalue weighted by atomic mass is 28.4. The fourth-order valence-corrected chi connectivity index (χ4v) is 5.09. The number of carbonyl (C=O) groups excluding carboxylic acids is 1. The van der Waals surface area contributed by atoms with Gasteiger partial charge in [-0.3, -0.25) is 0 Å². The molecular formula is C17H32N2O5Si. The molecule has 7 nitrogen and oxygen atoms in total. The quantitative estimate of drug-likeness (QED) is 0.396. The van der Waals surface area contributed by atoms with Gasteiger partial charge in [-0.25, -0.2) is 4.79 Å². The standard InChI is InChI=1S/C17H32N2O5Si/c1-4-22-25(23-5-2,24-6-3)16-10-11-18-17(20)21-15-14-19-12-8-7-9-13-19/h7-9,12H,4-6,10-11,13-16H2,1-3H3,(H,18,20). The lowest BCUT2D eigenvalue weighted by Crippen LogP contribution is -2.46. The minimum atomic E-state index is -2.63. The van der Waals surface area contributed by atoms with Gasteiger partial charge in [0.15, 0.2) is 0 Å². The van der Waals surface area contributed by atoms with Gasteiger partial charge < -0.3 is 28.2 Å². The second-order valence-electron chi connectivity index (χ2n) is 5.41. The third-order valence-electron chi connectivity index (χ3n) is 3.52. The van der Waals surface area contributed by atoms with E-state index < -0.39 is 14.9 Å². The van der Waals surface area contributed by atoms with Gasteiger partial charge >= 0.3 is 14.9 Å². The first-order valence-electron chi connectivity index (χ1n) is 9.05. The molecule has 0 bridgehead atoms. The summed E-state index contributed by atoms with van der Waals surface area (Å²) in [5, 5.41) is 2.76. The summed E-state index contributed by atoms with van der Waals surface area (Å²) in [6.45, 7) is 9.87. The normalized spacial score (nSPS) is 14.0. The van der Waals surface area contributed by atoms with Gasteiger partial charge in [-0.2, -0.15) is 0 Å². The lowest BCUT2D eigenvalue weighted by Gasteiger charge is -2.28. The van der Waals surface area contributed by atoms with Gasteiger partial charge in [0, 0.05) is 39.0 Å². The zero-order valence-corrected chi connectivity index (χ0v) is 16.7. The molecule has 25 heavy (non-hydrogen) atoms. The lowest BCUT2D eigenvalue weighted by molar-refractivity contribution is 0.0706. The fraction of sp³-hybridized carbons (Fsp3) is 0.706. The predicted octanol–water partition coefficient (Wildman–Crippen LogP) is 2.54. The molecule has 1 aliphatic heterocycles. The molecule has 0 saturated heterocycles. The number of amides is 1. The molecule has 0 unspecified atom stereocenters. The van der Waals surface area contributed by atoms with Gasteiger partial charge in [-0.15, -0.1) is 0 Å². The molecule has 1 heterocycles. The summed E-state index contributed by atoms with van der Waals surface area (Å²) in [7, 11) is -2.63. The van der Waals surface area contributed by atoms with Gasteiger partial charge in [-0.05, 0) is 39.5 Å². The first-order chi connectivity index (χ1) is 12.2. The molecule has 1 rings (SSSR count). The number of hydrogen-bond acceptors (Lipinski definition) is 6. The summed E-state index contributed by atoms with van der Waals surface area (Å²) in [6.07, 6.45) is 8.34. The van der Waals surface area contributed by atoms with Crippen LogP contribution in [0.3, 0.4) is 0 Å². The van der Waals surface area contributed by atoms with Gasteiger partial charge in [0.2, 0.25) is 0 Å². The maximum Gasteiger partial charge on any atom is 0.500 e. The van der Waals surface area contributed by atoms with Gasteiger partial charge in [0.05, 0.1) is 6.54 Å². The van der Waals surface area contributed by atoms with E-state index in [-0.39, 0.29) is 0 Å². The first-order valence-corrected chi connectivity index (χ1v) is 11.0. The molecule has 0 aromatic carbocycles. The third-order valence-corrected chi connectivity index (χ3v) is 6.67. The Morgan fingerprint density at radius 1 is 1.12 bits per heavy atom. The van der Waals surface area contributed by atoms with Crippen LogP contribution in [-0.4, -0.2) is 65.9 Å². The molecule has 0 aromatic heterocycles. The van der Waals surface area contributed by atoms with Crippen molar-refractivity contribution in [1.29, 1.82) is 0 Å². The molecular weight excluding hydrogens is 340 g/mol. The molecule has 0 aliphatic carbocycles. The number of ether oxygens (including phenoxy) is 1. The minimum absolute atomic E-state index is 0.361. The van der Waals surface area contributed by atoms with Gasteiger partial charge in [-0.1, -0.05) is 12.2 Å². The van der Waals surface area contributed by atoms with Crippen LogP contribution in [0.4, 0.5) is 4.79 Å². The number of nitrogens with zero attached hydrogens (tertiary/aromatic N) is 1. The Kier molecular flexibility index (Phi) is 11.2. The molecule has 1 aliphatic rings. The van der Waals surface area contributed by atoms with Crippen LogP contribution >= 0.6 is 0 Å². The first kappa shape index (κ1) is 21.7. The molecule has 0 fully saturated rings. The molecule has 1 amide bonds. The fourth-order valence-electron chi connectivity index (χ4n) is 2.48. The Bertz CT molecular complexity index is 414. The summed E-state index contributed by atoms with van der Waals surface area (Å²) in [6, 6.07) is 0.674. The molecule has 144 valence electrons. The topological polar surface area (TPSA) is 69.3 Å². The molecule has 1 N–H and O–H groups in total. The van der Waals surface area contributed by atoms with Crippen molar-refractivity contribution in [2.75, 3.05) is 46.1 Å². The number of rotatable bonds is 13. The van der Waals surface area contributed by atoms with E-state index in [4.69, 9.17) is 18.0 Å². The van der Waals surface area contributed by atoms with Crippen LogP contribution in [0.1, 0.15) is 27.2 Å². The Labute approximate surface area is 152 Å². The average molecular weight is 373 g/mol. The van der Waals surface area contributed by atoms with Crippen molar-refractivity contribution in [1.82, 2.24) is 10.2 Å². The number of allylic oxidation sites excluding steroid dienone is 2. The Hall–Kier alpha value is -1.35. The van der Waals surface area contributed by atoms with Crippen LogP contribution in [0.5, 0.6) is 0 Å². The van der Waals surface area contributed by atoms with Crippen molar-refractivity contribution in [3.8, 4) is 0 Å². The average Bonchev–Trinajstić information content (AvgIpc) is 2.60. The minimum Gasteiger partial charge on any atom is -0.448 e. The zero-order valence-electron chi connectivity index (χ0n) is 15.7. The molecule has 0 radical (unpaired) electrons. The summed E-state index contributed by atoms with van der Waals surface area (Å²) in [4.78, 5) is 13.8. The Morgan fingerprint density at radius 3 is 2.36 bits per heavy atom. The van der Waals surface area contributed by atoms with Crippen LogP contribution in [-0.2, 0) is 18.0 Å². The second-order valence-corrected chi connectivity index (χ2v) is 8.14. The van der Waals surface area contributed by atoms with E-state index in [0.29, 0.717) is 45.6 Å². The maximum absolute atomic E-state index is 11.7. The van der Waals surface area contributed by atoms with Crippen molar-refractivity contribution in [2.24, 2.45) is 0 Å². The smallest absolute Gasteiger partial charge is 0.448 e. The van der Waals surface area contributed by atoms with E-state index >= 15 is 0 Å². The van der Waals surface area contributed by atoms with Crippen molar-refractivity contribution in [2.45, 2.75) is 33.2 Å². The van der Waals surface area contributed by atoms with Crippen molar-refractivity contribution in [3.05, 3.63) is 24.4 Å². The monoisotopic (exact) mass is 372 g/mol. The highest BCUT2D eigenvalue weighted by molar-refractivity contribution is 6.60. The van der Waals surface area contributed by atoms with E-state index in [1.807, 2.05) is 39.1 Å². The van der Waals surface area contributed by atoms with E-state index in [1.165, 1.54) is 0 Å². The number of nitrogens with one attached hydrogen (secondary N) is 1. The third kappa shape index (κ3) is 9.06. The summed E-state index contributed by atoms with van der Waals surface area (Å²) < 4.78 is 22.5. The Balaban J connectivity index is 2.19. The lowest BCUT2D eigenvalue weighted by atomic mass is 10.3. The molecule has 8 heteroatoms. The van der Waals surface area contributed by atoms with Gasteiger partial charge in [0.1, 0.15) is 6.61 Å². The van der Waals surface area contributed by atoms with Crippen LogP contribution in [0.15, 0.2) is 24.4 Å². The van der Waals surface area contributed by atoms with Crippen LogP contribution < -0.4 is 5.32 Å². The highest BCUT2D eigenvalue weighted by Crippen LogP contribution is 2.17. The number of carbonyl (C=O) groups is 1. The summed E-state index contributed by atoms with van der Waals surface area (Å²) in [5.74, 6) is 0. The molecule has 0 spiro atoms. The summed E-state index contributed by atoms with van der Waals surface area (Å²) >= 11 is 0. The van der Waals surface area contributed by atoms with E-state index in [0.717, 1.165) is 13.0 Å². The molecule has 0 atom stereocenters. The van der Waals surface area contributed by atoms with Crippen LogP contribution in [0.25, 0.3) is 0 Å². The van der Waals surface area contributed by atoms with Crippen molar-refractivity contribution < 1.29 is 22.8 Å². The van der Waals surface area contributed by atoms with E-state index in [2.05, 4.69) is 16.3 Å². The van der Waals surface area contributed by atoms with Gasteiger partial charge in [0.25, 0.3) is 0 Å². The molecule has 0 saturated carbocycles.